The second kappa shape index (κ2) is 5.87. The van der Waals surface area contributed by atoms with Gasteiger partial charge >= 0.3 is 0 Å². The van der Waals surface area contributed by atoms with E-state index in [4.69, 9.17) is 9.84 Å². The van der Waals surface area contributed by atoms with Crippen LogP contribution in [0.4, 0.5) is 0 Å². The van der Waals surface area contributed by atoms with Crippen LogP contribution in [-0.2, 0) is 0 Å². The summed E-state index contributed by atoms with van der Waals surface area (Å²) in [4.78, 5) is 0. The molecule has 2 aliphatic heterocycles. The third-order valence-corrected chi connectivity index (χ3v) is 5.38. The van der Waals surface area contributed by atoms with Crippen LogP contribution in [0.5, 0.6) is 5.75 Å². The van der Waals surface area contributed by atoms with Gasteiger partial charge in [0, 0.05) is 17.9 Å². The Balaban J connectivity index is 1.57. The van der Waals surface area contributed by atoms with Gasteiger partial charge in [-0.05, 0) is 28.5 Å². The minimum Gasteiger partial charge on any atom is -0.468 e. The molecule has 26 heavy (non-hydrogen) atoms. The maximum Gasteiger partial charge on any atom is 0.190 e. The number of hydrogen-bond donors (Lipinski definition) is 0. The fraction of sp³-hybridized carbons (Fsp3) is 0.261. The number of hydrogen-bond acceptors (Lipinski definition) is 3. The molecule has 0 spiro atoms. The topological polar surface area (TPSA) is 24.8 Å². The molecule has 0 fully saturated rings. The van der Waals surface area contributed by atoms with Gasteiger partial charge in [-0.25, -0.2) is 5.01 Å². The maximum atomic E-state index is 6.28. The first-order chi connectivity index (χ1) is 12.7. The van der Waals surface area contributed by atoms with E-state index >= 15 is 0 Å². The highest BCUT2D eigenvalue weighted by Gasteiger charge is 2.41. The van der Waals surface area contributed by atoms with Crippen molar-refractivity contribution in [1.29, 1.82) is 0 Å². The highest BCUT2D eigenvalue weighted by atomic mass is 16.5. The summed E-state index contributed by atoms with van der Waals surface area (Å²) in [6, 6.07) is 23.8. The summed E-state index contributed by atoms with van der Waals surface area (Å²) >= 11 is 0. The van der Waals surface area contributed by atoms with Gasteiger partial charge in [-0.15, -0.1) is 0 Å². The van der Waals surface area contributed by atoms with E-state index < -0.39 is 0 Å². The zero-order valence-corrected chi connectivity index (χ0v) is 15.1. The molecule has 0 saturated heterocycles. The van der Waals surface area contributed by atoms with Crippen LogP contribution in [0.15, 0.2) is 71.8 Å². The summed E-state index contributed by atoms with van der Waals surface area (Å²) in [6.45, 7) is 4.39. The normalized spacial score (nSPS) is 21.3. The van der Waals surface area contributed by atoms with Gasteiger partial charge in [0.1, 0.15) is 5.75 Å². The lowest BCUT2D eigenvalue weighted by Crippen LogP contribution is -2.43. The standard InChI is InChI=1S/C23H22N2O/c1-15(2)23-25-21(19-9-5-6-10-22(19)26-23)14-20(24-25)18-12-11-16-7-3-4-8-17(16)13-18/h3-13,15,21,23H,14H2,1-2H3/t21-,23-/m1/s1. The fourth-order valence-corrected chi connectivity index (χ4v) is 4.05. The SMILES string of the molecule is CC(C)[C@H]1Oc2ccccc2[C@H]2CC(c3ccc4ccccc4c3)=NN21. The van der Waals surface area contributed by atoms with Crippen molar-refractivity contribution in [1.82, 2.24) is 5.01 Å². The molecule has 0 N–H and O–H groups in total. The van der Waals surface area contributed by atoms with Crippen molar-refractivity contribution in [2.24, 2.45) is 11.0 Å². The summed E-state index contributed by atoms with van der Waals surface area (Å²) in [5.41, 5.74) is 3.59. The molecule has 0 bridgehead atoms. The van der Waals surface area contributed by atoms with Crippen LogP contribution in [0.25, 0.3) is 10.8 Å². The monoisotopic (exact) mass is 342 g/mol. The number of ether oxygens (including phenoxy) is 1. The smallest absolute Gasteiger partial charge is 0.190 e. The minimum absolute atomic E-state index is 0.0205. The van der Waals surface area contributed by atoms with Crippen molar-refractivity contribution in [3.63, 3.8) is 0 Å². The Bertz CT molecular complexity index is 1010. The molecular weight excluding hydrogens is 320 g/mol. The van der Waals surface area contributed by atoms with Gasteiger partial charge in [0.25, 0.3) is 0 Å². The van der Waals surface area contributed by atoms with Crippen molar-refractivity contribution in [3.8, 4) is 5.75 Å². The number of benzene rings is 3. The number of hydrazone groups is 1. The van der Waals surface area contributed by atoms with Crippen LogP contribution >= 0.6 is 0 Å². The van der Waals surface area contributed by atoms with Gasteiger partial charge in [0.2, 0.25) is 0 Å². The Morgan fingerprint density at radius 3 is 2.58 bits per heavy atom. The Kier molecular flexibility index (Phi) is 3.49. The third kappa shape index (κ3) is 2.38. The quantitative estimate of drug-likeness (QED) is 0.626. The van der Waals surface area contributed by atoms with Crippen molar-refractivity contribution < 1.29 is 4.74 Å². The summed E-state index contributed by atoms with van der Waals surface area (Å²) in [5.74, 6) is 1.37. The van der Waals surface area contributed by atoms with Crippen LogP contribution in [-0.4, -0.2) is 16.9 Å². The molecule has 3 aromatic carbocycles. The molecule has 0 amide bonds. The van der Waals surface area contributed by atoms with Crippen LogP contribution in [0.1, 0.15) is 37.4 Å². The Labute approximate surface area is 153 Å². The van der Waals surface area contributed by atoms with E-state index in [2.05, 4.69) is 79.5 Å². The number of rotatable bonds is 2. The fourth-order valence-electron chi connectivity index (χ4n) is 4.05. The van der Waals surface area contributed by atoms with E-state index in [9.17, 15) is 0 Å². The predicted molar refractivity (Wildman–Crippen MR) is 105 cm³/mol. The summed E-state index contributed by atoms with van der Waals surface area (Å²) in [7, 11) is 0. The van der Waals surface area contributed by atoms with Crippen molar-refractivity contribution in [3.05, 3.63) is 77.9 Å². The van der Waals surface area contributed by atoms with Gasteiger partial charge < -0.3 is 4.74 Å². The van der Waals surface area contributed by atoms with E-state index in [1.165, 1.54) is 21.9 Å². The van der Waals surface area contributed by atoms with Gasteiger partial charge in [-0.1, -0.05) is 68.4 Å². The Hall–Kier alpha value is -2.81. The van der Waals surface area contributed by atoms with Crippen LogP contribution in [0, 0.1) is 5.92 Å². The molecule has 2 aliphatic rings. The Morgan fingerprint density at radius 2 is 1.73 bits per heavy atom. The second-order valence-electron chi connectivity index (χ2n) is 7.50. The molecule has 2 atom stereocenters. The lowest BCUT2D eigenvalue weighted by atomic mass is 9.95. The molecule has 0 radical (unpaired) electrons. The molecule has 5 rings (SSSR count). The zero-order valence-electron chi connectivity index (χ0n) is 15.1. The lowest BCUT2D eigenvalue weighted by molar-refractivity contribution is -0.0461. The number of para-hydroxylation sites is 1. The largest absolute Gasteiger partial charge is 0.468 e. The van der Waals surface area contributed by atoms with Gasteiger partial charge in [-0.3, -0.25) is 0 Å². The van der Waals surface area contributed by atoms with E-state index in [1.807, 2.05) is 6.07 Å². The molecule has 3 heteroatoms. The van der Waals surface area contributed by atoms with Crippen LogP contribution < -0.4 is 4.74 Å². The molecule has 0 aromatic heterocycles. The third-order valence-electron chi connectivity index (χ3n) is 5.38. The predicted octanol–water partition coefficient (Wildman–Crippen LogP) is 5.37. The Morgan fingerprint density at radius 1 is 0.962 bits per heavy atom. The molecule has 0 aliphatic carbocycles. The molecule has 2 heterocycles. The molecule has 130 valence electrons. The van der Waals surface area contributed by atoms with Crippen molar-refractivity contribution in [2.45, 2.75) is 32.5 Å². The first-order valence-electron chi connectivity index (χ1n) is 9.31. The van der Waals surface area contributed by atoms with Gasteiger partial charge in [0.05, 0.1) is 11.8 Å². The van der Waals surface area contributed by atoms with E-state index in [0.717, 1.165) is 17.9 Å². The molecule has 3 nitrogen and oxygen atoms in total. The summed E-state index contributed by atoms with van der Waals surface area (Å²) in [5, 5.41) is 9.72. The summed E-state index contributed by atoms with van der Waals surface area (Å²) in [6.07, 6.45) is 0.898. The van der Waals surface area contributed by atoms with E-state index in [1.54, 1.807) is 0 Å². The first-order valence-corrected chi connectivity index (χ1v) is 9.31. The highest BCUT2D eigenvalue weighted by molar-refractivity contribution is 6.04. The zero-order chi connectivity index (χ0) is 17.7. The molecule has 0 saturated carbocycles. The van der Waals surface area contributed by atoms with Crippen molar-refractivity contribution in [2.75, 3.05) is 0 Å². The maximum absolute atomic E-state index is 6.28. The lowest BCUT2D eigenvalue weighted by Gasteiger charge is -2.39. The number of fused-ring (bicyclic) bond motifs is 4. The first kappa shape index (κ1) is 15.4. The van der Waals surface area contributed by atoms with Gasteiger partial charge in [-0.2, -0.15) is 5.10 Å². The van der Waals surface area contributed by atoms with E-state index in [-0.39, 0.29) is 12.3 Å². The van der Waals surface area contributed by atoms with Crippen molar-refractivity contribution >= 4 is 16.5 Å². The average Bonchev–Trinajstić information content (AvgIpc) is 3.12. The molecular formula is C23H22N2O. The molecule has 3 aromatic rings. The average molecular weight is 342 g/mol. The second-order valence-corrected chi connectivity index (χ2v) is 7.50. The van der Waals surface area contributed by atoms with E-state index in [0.29, 0.717) is 5.92 Å². The minimum atomic E-state index is -0.0205. The highest BCUT2D eigenvalue weighted by Crippen LogP contribution is 2.44. The van der Waals surface area contributed by atoms with Crippen LogP contribution in [0.3, 0.4) is 0 Å². The number of nitrogens with zero attached hydrogens (tertiary/aromatic N) is 2. The summed E-state index contributed by atoms with van der Waals surface area (Å²) < 4.78 is 6.28. The van der Waals surface area contributed by atoms with Gasteiger partial charge in [0.15, 0.2) is 6.23 Å². The molecule has 0 unspecified atom stereocenters. The van der Waals surface area contributed by atoms with Crippen LogP contribution in [0.2, 0.25) is 0 Å².